The van der Waals surface area contributed by atoms with Crippen molar-refractivity contribution in [1.82, 2.24) is 4.98 Å². The Morgan fingerprint density at radius 2 is 2.00 bits per heavy atom. The van der Waals surface area contributed by atoms with E-state index in [0.29, 0.717) is 5.88 Å². The molecule has 7 heteroatoms. The molecule has 0 amide bonds. The van der Waals surface area contributed by atoms with Crippen LogP contribution in [0.1, 0.15) is 46.1 Å². The molecule has 0 aromatic carbocycles. The van der Waals surface area contributed by atoms with E-state index in [2.05, 4.69) is 4.98 Å². The smallest absolute Gasteiger partial charge is 0.332 e. The monoisotopic (exact) mass is 348 g/mol. The number of carbonyl (C=O) groups excluding carboxylic acids is 1. The van der Waals surface area contributed by atoms with E-state index in [1.807, 2.05) is 20.8 Å². The predicted octanol–water partition coefficient (Wildman–Crippen LogP) is 1.53. The Morgan fingerprint density at radius 3 is 2.48 bits per heavy atom. The van der Waals surface area contributed by atoms with Crippen molar-refractivity contribution < 1.29 is 24.0 Å². The van der Waals surface area contributed by atoms with Crippen molar-refractivity contribution in [2.45, 2.75) is 58.7 Å². The van der Waals surface area contributed by atoms with E-state index in [9.17, 15) is 9.90 Å². The van der Waals surface area contributed by atoms with E-state index >= 15 is 0 Å². The van der Waals surface area contributed by atoms with Gasteiger partial charge in [-0.1, -0.05) is 0 Å². The number of aryl methyl sites for hydroxylation is 1. The normalized spacial score (nSPS) is 16.3. The molecule has 0 bridgehead atoms. The summed E-state index contributed by atoms with van der Waals surface area (Å²) in [6.07, 6.45) is 3.22. The molecule has 0 atom stereocenters. The van der Waals surface area contributed by atoms with Crippen LogP contribution < -0.4 is 10.2 Å². The van der Waals surface area contributed by atoms with Crippen LogP contribution in [0, 0.1) is 12.3 Å². The fraction of sp³-hybridized carbons (Fsp3) is 0.667. The number of pyridine rings is 1. The van der Waals surface area contributed by atoms with E-state index in [4.69, 9.17) is 14.1 Å². The van der Waals surface area contributed by atoms with Gasteiger partial charge >= 0.3 is 13.5 Å². The number of carbonyl (C=O) groups is 1. The highest BCUT2D eigenvalue weighted by Crippen LogP contribution is 2.46. The van der Waals surface area contributed by atoms with Crippen molar-refractivity contribution in [1.29, 1.82) is 0 Å². The molecule has 2 rings (SSSR count). The van der Waals surface area contributed by atoms with Crippen molar-refractivity contribution in [3.8, 4) is 5.88 Å². The molecular formula is C18H27BNO5. The first kappa shape index (κ1) is 19.7. The molecule has 1 saturated carbocycles. The zero-order chi connectivity index (χ0) is 18.9. The number of esters is 1. The molecule has 0 spiro atoms. The second-order valence-electron chi connectivity index (χ2n) is 7.74. The summed E-state index contributed by atoms with van der Waals surface area (Å²) in [5.41, 5.74) is -0.499. The van der Waals surface area contributed by atoms with E-state index < -0.39 is 16.6 Å². The number of aliphatic hydroxyl groups is 1. The molecule has 0 saturated heterocycles. The summed E-state index contributed by atoms with van der Waals surface area (Å²) in [6.45, 7) is 9.26. The van der Waals surface area contributed by atoms with E-state index in [1.165, 1.54) is 7.11 Å². The van der Waals surface area contributed by atoms with Gasteiger partial charge in [-0.25, -0.2) is 4.98 Å². The zero-order valence-electron chi connectivity index (χ0n) is 15.9. The van der Waals surface area contributed by atoms with Crippen LogP contribution in [-0.4, -0.2) is 48.5 Å². The maximum Gasteiger partial charge on any atom is 0.332 e. The molecule has 1 heterocycles. The van der Waals surface area contributed by atoms with Crippen molar-refractivity contribution in [2.75, 3.05) is 13.7 Å². The molecule has 1 fully saturated rings. The minimum absolute atomic E-state index is 0.226. The number of hydrogen-bond donors (Lipinski definition) is 1. The second-order valence-corrected chi connectivity index (χ2v) is 7.74. The van der Waals surface area contributed by atoms with E-state index in [1.54, 1.807) is 33.6 Å². The average molecular weight is 348 g/mol. The van der Waals surface area contributed by atoms with Crippen LogP contribution in [0.3, 0.4) is 0 Å². The molecule has 1 N–H and O–H groups in total. The summed E-state index contributed by atoms with van der Waals surface area (Å²) in [6, 6.07) is 1.81. The summed E-state index contributed by atoms with van der Waals surface area (Å²) in [5.74, 6) is 0.239. The van der Waals surface area contributed by atoms with Crippen LogP contribution in [-0.2, 0) is 14.2 Å². The topological polar surface area (TPSA) is 77.9 Å². The van der Waals surface area contributed by atoms with Gasteiger partial charge in [0, 0.05) is 12.3 Å². The number of aromatic nitrogens is 1. The van der Waals surface area contributed by atoms with Gasteiger partial charge in [0.05, 0.1) is 18.3 Å². The largest absolute Gasteiger partial charge is 0.476 e. The minimum Gasteiger partial charge on any atom is -0.476 e. The summed E-state index contributed by atoms with van der Waals surface area (Å²) in [4.78, 5) is 16.0. The number of nitrogens with zero attached hydrogens (tertiary/aromatic N) is 1. The van der Waals surface area contributed by atoms with Crippen LogP contribution in [0.2, 0.25) is 0 Å². The summed E-state index contributed by atoms with van der Waals surface area (Å²) in [5, 5.41) is 10.1. The molecule has 1 aliphatic rings. The quantitative estimate of drug-likeness (QED) is 0.567. The lowest BCUT2D eigenvalue weighted by Gasteiger charge is -2.37. The summed E-state index contributed by atoms with van der Waals surface area (Å²) >= 11 is 0. The Morgan fingerprint density at radius 1 is 1.36 bits per heavy atom. The van der Waals surface area contributed by atoms with Gasteiger partial charge in [-0.05, 0) is 58.5 Å². The molecule has 0 unspecified atom stereocenters. The number of hydrogen-bond acceptors (Lipinski definition) is 6. The van der Waals surface area contributed by atoms with Crippen molar-refractivity contribution >= 4 is 18.9 Å². The van der Waals surface area contributed by atoms with Crippen LogP contribution >= 0.6 is 0 Å². The maximum absolute atomic E-state index is 11.7. The second kappa shape index (κ2) is 6.96. The molecule has 1 radical (unpaired) electrons. The third-order valence-electron chi connectivity index (χ3n) is 5.05. The van der Waals surface area contributed by atoms with Crippen LogP contribution in [0.4, 0.5) is 0 Å². The number of ether oxygens (including phenoxy) is 2. The Hall–Kier alpha value is -1.60. The molecular weight excluding hydrogens is 321 g/mol. The minimum atomic E-state index is -0.986. The molecule has 137 valence electrons. The highest BCUT2D eigenvalue weighted by Gasteiger charge is 2.52. The highest BCUT2D eigenvalue weighted by atomic mass is 16.5. The fourth-order valence-corrected chi connectivity index (χ4v) is 2.08. The third kappa shape index (κ3) is 4.52. The summed E-state index contributed by atoms with van der Waals surface area (Å²) < 4.78 is 16.3. The molecule has 25 heavy (non-hydrogen) atoms. The van der Waals surface area contributed by atoms with Gasteiger partial charge in [0.25, 0.3) is 0 Å². The van der Waals surface area contributed by atoms with Crippen LogP contribution in [0.25, 0.3) is 0 Å². The third-order valence-corrected chi connectivity index (χ3v) is 5.05. The van der Waals surface area contributed by atoms with Gasteiger partial charge in [-0.2, -0.15) is 0 Å². The average Bonchev–Trinajstić information content (AvgIpc) is 3.31. The Bertz CT molecular complexity index is 635. The SMILES string of the molecule is COC(=O)C1(COc2cc(C)c([B]OC(C)(C)C(C)(C)O)cn2)CC1. The Kier molecular flexibility index (Phi) is 5.49. The lowest BCUT2D eigenvalue weighted by molar-refractivity contribution is -0.148. The Labute approximate surface area is 150 Å². The van der Waals surface area contributed by atoms with Crippen LogP contribution in [0.5, 0.6) is 5.88 Å². The van der Waals surface area contributed by atoms with Gasteiger partial charge in [0.2, 0.25) is 5.88 Å². The number of rotatable bonds is 8. The first-order valence-electron chi connectivity index (χ1n) is 8.42. The first-order valence-corrected chi connectivity index (χ1v) is 8.42. The van der Waals surface area contributed by atoms with Gasteiger partial charge in [-0.3, -0.25) is 4.79 Å². The Balaban J connectivity index is 1.96. The van der Waals surface area contributed by atoms with Crippen molar-refractivity contribution in [3.05, 3.63) is 17.8 Å². The fourth-order valence-electron chi connectivity index (χ4n) is 2.08. The first-order chi connectivity index (χ1) is 11.5. The lowest BCUT2D eigenvalue weighted by Crippen LogP contribution is -2.49. The van der Waals surface area contributed by atoms with Crippen LogP contribution in [0.15, 0.2) is 12.3 Å². The summed E-state index contributed by atoms with van der Waals surface area (Å²) in [7, 11) is 2.99. The molecule has 1 aliphatic carbocycles. The zero-order valence-corrected chi connectivity index (χ0v) is 15.9. The van der Waals surface area contributed by atoms with Gasteiger partial charge < -0.3 is 19.2 Å². The highest BCUT2D eigenvalue weighted by molar-refractivity contribution is 6.47. The lowest BCUT2D eigenvalue weighted by atomic mass is 9.81. The van der Waals surface area contributed by atoms with Gasteiger partial charge in [0.1, 0.15) is 12.0 Å². The molecule has 1 aromatic heterocycles. The van der Waals surface area contributed by atoms with E-state index in [0.717, 1.165) is 23.9 Å². The molecule has 0 aliphatic heterocycles. The maximum atomic E-state index is 11.7. The van der Waals surface area contributed by atoms with E-state index in [-0.39, 0.29) is 12.6 Å². The van der Waals surface area contributed by atoms with Crippen molar-refractivity contribution in [2.24, 2.45) is 5.41 Å². The van der Waals surface area contributed by atoms with Gasteiger partial charge in [-0.15, -0.1) is 0 Å². The van der Waals surface area contributed by atoms with Gasteiger partial charge in [0.15, 0.2) is 0 Å². The standard InChI is InChI=1S/C18H27BNO5/c1-12-9-14(24-11-18(7-8-18)15(21)23-6)20-10-13(12)19-25-17(4,5)16(2,3)22/h9-10,22H,7-8,11H2,1-6H3. The van der Waals surface area contributed by atoms with Crippen molar-refractivity contribution in [3.63, 3.8) is 0 Å². The number of methoxy groups -OCH3 is 1. The predicted molar refractivity (Wildman–Crippen MR) is 95.0 cm³/mol. The molecule has 1 aromatic rings. The molecule has 6 nitrogen and oxygen atoms in total.